The summed E-state index contributed by atoms with van der Waals surface area (Å²) in [7, 11) is -6.85. The molecule has 0 atom stereocenters. The molecule has 1 rings (SSSR count). The van der Waals surface area contributed by atoms with Crippen LogP contribution in [0.15, 0.2) is 23.1 Å². The first-order chi connectivity index (χ1) is 8.09. The highest BCUT2D eigenvalue weighted by molar-refractivity contribution is 7.90. The van der Waals surface area contributed by atoms with Crippen molar-refractivity contribution in [3.05, 3.63) is 18.2 Å². The third-order valence-electron chi connectivity index (χ3n) is 2.15. The van der Waals surface area contributed by atoms with Crippen molar-refractivity contribution in [1.29, 1.82) is 0 Å². The van der Waals surface area contributed by atoms with Gasteiger partial charge in [-0.25, -0.2) is 22.0 Å². The van der Waals surface area contributed by atoms with Gasteiger partial charge in [0.15, 0.2) is 9.84 Å². The minimum atomic E-state index is -3.54. The third-order valence-corrected chi connectivity index (χ3v) is 4.04. The number of benzene rings is 1. The van der Waals surface area contributed by atoms with E-state index in [9.17, 15) is 16.8 Å². The minimum Gasteiger partial charge on any atom is -0.397 e. The second-order valence-electron chi connectivity index (χ2n) is 3.81. The number of rotatable bonds is 5. The van der Waals surface area contributed by atoms with Crippen molar-refractivity contribution in [1.82, 2.24) is 0 Å². The van der Waals surface area contributed by atoms with Crippen LogP contribution in [-0.2, 0) is 19.9 Å². The molecule has 1 aromatic rings. The number of nitrogens with one attached hydrogen (secondary N) is 1. The fraction of sp³-hybridized carbons (Fsp3) is 0.333. The number of primary sulfonamides is 1. The van der Waals surface area contributed by atoms with Gasteiger partial charge in [0.1, 0.15) is 0 Å². The van der Waals surface area contributed by atoms with E-state index in [2.05, 4.69) is 5.32 Å². The Kier molecular flexibility index (Phi) is 4.20. The molecule has 0 unspecified atom stereocenters. The number of nitrogens with two attached hydrogens (primary N) is 2. The maximum absolute atomic E-state index is 11.3. The molecule has 0 radical (unpaired) electrons. The number of sulfonamides is 1. The Labute approximate surface area is 106 Å². The van der Waals surface area contributed by atoms with Crippen molar-refractivity contribution in [2.75, 3.05) is 29.6 Å². The van der Waals surface area contributed by atoms with E-state index in [-0.39, 0.29) is 22.9 Å². The Morgan fingerprint density at radius 3 is 2.28 bits per heavy atom. The van der Waals surface area contributed by atoms with E-state index < -0.39 is 19.9 Å². The van der Waals surface area contributed by atoms with E-state index in [0.29, 0.717) is 5.69 Å². The molecule has 18 heavy (non-hydrogen) atoms. The Morgan fingerprint density at radius 1 is 1.22 bits per heavy atom. The van der Waals surface area contributed by atoms with Crippen LogP contribution in [-0.4, -0.2) is 35.4 Å². The third kappa shape index (κ3) is 4.51. The predicted molar refractivity (Wildman–Crippen MR) is 70.4 cm³/mol. The second-order valence-corrected chi connectivity index (χ2v) is 7.56. The van der Waals surface area contributed by atoms with E-state index in [1.165, 1.54) is 18.2 Å². The van der Waals surface area contributed by atoms with Gasteiger partial charge in [0.05, 0.1) is 22.0 Å². The zero-order valence-electron chi connectivity index (χ0n) is 9.75. The summed E-state index contributed by atoms with van der Waals surface area (Å²) in [6.07, 6.45) is 1.08. The highest BCUT2D eigenvalue weighted by Crippen LogP contribution is 2.22. The van der Waals surface area contributed by atoms with E-state index in [0.717, 1.165) is 6.26 Å². The molecule has 0 aliphatic carbocycles. The summed E-state index contributed by atoms with van der Waals surface area (Å²) in [5, 5.41) is 7.61. The van der Waals surface area contributed by atoms with Crippen molar-refractivity contribution in [3.8, 4) is 0 Å². The second kappa shape index (κ2) is 5.12. The van der Waals surface area contributed by atoms with Crippen LogP contribution in [0.5, 0.6) is 0 Å². The summed E-state index contributed by atoms with van der Waals surface area (Å²) in [4.78, 5) is 0.108. The van der Waals surface area contributed by atoms with Crippen molar-refractivity contribution in [2.24, 2.45) is 5.14 Å². The minimum absolute atomic E-state index is 0.0985. The van der Waals surface area contributed by atoms with Crippen LogP contribution in [0.1, 0.15) is 0 Å². The Balaban J connectivity index is 2.81. The van der Waals surface area contributed by atoms with Crippen LogP contribution in [0.3, 0.4) is 0 Å². The lowest BCUT2D eigenvalue weighted by Crippen LogP contribution is -2.22. The van der Waals surface area contributed by atoms with Crippen molar-refractivity contribution in [2.45, 2.75) is 4.90 Å². The summed E-state index contributed by atoms with van der Waals surface area (Å²) >= 11 is 0. The zero-order chi connectivity index (χ0) is 14.0. The molecule has 0 spiro atoms. The quantitative estimate of drug-likeness (QED) is 0.619. The smallest absolute Gasteiger partial charge is 0.210 e. The fourth-order valence-corrected chi connectivity index (χ4v) is 2.30. The topological polar surface area (TPSA) is 132 Å². The van der Waals surface area contributed by atoms with Gasteiger partial charge in [-0.05, 0) is 18.2 Å². The SMILES string of the molecule is CS(=O)(=O)c1ccc(NCCS(N)(=O)=O)c(N)c1. The average molecular weight is 293 g/mol. The monoisotopic (exact) mass is 293 g/mol. The predicted octanol–water partition coefficient (Wildman–Crippen LogP) is -0.627. The number of hydrogen-bond donors (Lipinski definition) is 3. The molecular weight excluding hydrogens is 278 g/mol. The van der Waals surface area contributed by atoms with Crippen LogP contribution in [0, 0.1) is 0 Å². The lowest BCUT2D eigenvalue weighted by atomic mass is 10.2. The van der Waals surface area contributed by atoms with E-state index in [4.69, 9.17) is 10.9 Å². The summed E-state index contributed by atoms with van der Waals surface area (Å²) in [5.41, 5.74) is 6.35. The van der Waals surface area contributed by atoms with Crippen LogP contribution < -0.4 is 16.2 Å². The normalized spacial score (nSPS) is 12.3. The first-order valence-corrected chi connectivity index (χ1v) is 8.54. The maximum atomic E-state index is 11.3. The molecule has 1 aromatic carbocycles. The highest BCUT2D eigenvalue weighted by atomic mass is 32.2. The standard InChI is InChI=1S/C9H15N3O4S2/c1-17(13,14)7-2-3-9(8(10)6-7)12-4-5-18(11,15)16/h2-3,6,12H,4-5,10H2,1H3,(H2,11,15,16). The molecule has 0 heterocycles. The summed E-state index contributed by atoms with van der Waals surface area (Å²) in [6, 6.07) is 4.19. The lowest BCUT2D eigenvalue weighted by molar-refractivity contribution is 0.597. The molecule has 7 nitrogen and oxygen atoms in total. The van der Waals surface area contributed by atoms with Crippen molar-refractivity contribution < 1.29 is 16.8 Å². The Hall–Kier alpha value is -1.32. The first-order valence-electron chi connectivity index (χ1n) is 4.93. The van der Waals surface area contributed by atoms with Gasteiger partial charge in [-0.2, -0.15) is 0 Å². The van der Waals surface area contributed by atoms with Crippen LogP contribution >= 0.6 is 0 Å². The largest absolute Gasteiger partial charge is 0.397 e. The Bertz CT molecular complexity index is 638. The molecule has 0 bridgehead atoms. The number of hydrogen-bond acceptors (Lipinski definition) is 6. The molecule has 0 aliphatic rings. The molecule has 0 saturated carbocycles. The first kappa shape index (κ1) is 14.7. The van der Waals surface area contributed by atoms with Gasteiger partial charge in [0.25, 0.3) is 0 Å². The van der Waals surface area contributed by atoms with Crippen molar-refractivity contribution >= 4 is 31.2 Å². The van der Waals surface area contributed by atoms with Crippen LogP contribution in [0.25, 0.3) is 0 Å². The number of nitrogen functional groups attached to an aromatic ring is 1. The molecule has 9 heteroatoms. The van der Waals surface area contributed by atoms with Gasteiger partial charge in [-0.1, -0.05) is 0 Å². The average Bonchev–Trinajstić information content (AvgIpc) is 2.17. The van der Waals surface area contributed by atoms with Gasteiger partial charge < -0.3 is 11.1 Å². The lowest BCUT2D eigenvalue weighted by Gasteiger charge is -2.09. The highest BCUT2D eigenvalue weighted by Gasteiger charge is 2.09. The maximum Gasteiger partial charge on any atom is 0.210 e. The van der Waals surface area contributed by atoms with Crippen LogP contribution in [0.2, 0.25) is 0 Å². The van der Waals surface area contributed by atoms with Gasteiger partial charge in [-0.15, -0.1) is 0 Å². The van der Waals surface area contributed by atoms with Gasteiger partial charge in [-0.3, -0.25) is 0 Å². The molecular formula is C9H15N3O4S2. The molecule has 0 aromatic heterocycles. The van der Waals surface area contributed by atoms with Crippen molar-refractivity contribution in [3.63, 3.8) is 0 Å². The van der Waals surface area contributed by atoms with E-state index >= 15 is 0 Å². The summed E-state index contributed by atoms with van der Waals surface area (Å²) in [6.45, 7) is 0.0985. The summed E-state index contributed by atoms with van der Waals surface area (Å²) in [5.74, 6) is -0.236. The molecule has 102 valence electrons. The van der Waals surface area contributed by atoms with Crippen LogP contribution in [0.4, 0.5) is 11.4 Å². The number of sulfone groups is 1. The van der Waals surface area contributed by atoms with E-state index in [1.54, 1.807) is 0 Å². The molecule has 0 fully saturated rings. The zero-order valence-corrected chi connectivity index (χ0v) is 11.4. The van der Waals surface area contributed by atoms with Gasteiger partial charge in [0, 0.05) is 12.8 Å². The summed E-state index contributed by atoms with van der Waals surface area (Å²) < 4.78 is 44.0. The molecule has 0 saturated heterocycles. The van der Waals surface area contributed by atoms with Gasteiger partial charge >= 0.3 is 0 Å². The van der Waals surface area contributed by atoms with Gasteiger partial charge in [0.2, 0.25) is 10.0 Å². The number of anilines is 2. The van der Waals surface area contributed by atoms with E-state index in [1.807, 2.05) is 0 Å². The Morgan fingerprint density at radius 2 is 1.83 bits per heavy atom. The molecule has 0 aliphatic heterocycles. The molecule has 5 N–H and O–H groups in total. The fourth-order valence-electron chi connectivity index (χ4n) is 1.26. The molecule has 0 amide bonds.